The van der Waals surface area contributed by atoms with Gasteiger partial charge in [0.1, 0.15) is 0 Å². The highest BCUT2D eigenvalue weighted by atomic mass is 16.2. The standard InChI is InChI=1S/C23H30N2O2/c1-16(2)15-24-22(27)23(3,4)20-12-10-17(11-13-20)18-8-7-9-19(14-18)21(26)25(5)6/h7-14,16H,15H2,1-6H3,(H,24,27). The molecule has 0 aliphatic heterocycles. The van der Waals surface area contributed by atoms with Gasteiger partial charge in [0.25, 0.3) is 5.91 Å². The van der Waals surface area contributed by atoms with E-state index in [1.807, 2.05) is 62.4 Å². The minimum atomic E-state index is -0.601. The Morgan fingerprint density at radius 1 is 1.00 bits per heavy atom. The average molecular weight is 367 g/mol. The molecule has 2 amide bonds. The minimum absolute atomic E-state index is 0.0172. The number of carbonyl (C=O) groups is 2. The van der Waals surface area contributed by atoms with Crippen molar-refractivity contribution in [2.45, 2.75) is 33.1 Å². The summed E-state index contributed by atoms with van der Waals surface area (Å²) in [4.78, 5) is 26.3. The molecule has 2 aromatic rings. The molecule has 0 heterocycles. The SMILES string of the molecule is CC(C)CNC(=O)C(C)(C)c1ccc(-c2cccc(C(=O)N(C)C)c2)cc1. The molecule has 1 N–H and O–H groups in total. The molecular weight excluding hydrogens is 336 g/mol. The fourth-order valence-electron chi connectivity index (χ4n) is 2.82. The van der Waals surface area contributed by atoms with Gasteiger partial charge in [0.05, 0.1) is 5.41 Å². The lowest BCUT2D eigenvalue weighted by molar-refractivity contribution is -0.125. The average Bonchev–Trinajstić information content (AvgIpc) is 2.65. The fraction of sp³-hybridized carbons (Fsp3) is 0.391. The molecule has 0 radical (unpaired) electrons. The van der Waals surface area contributed by atoms with Crippen LogP contribution in [0.4, 0.5) is 0 Å². The first-order chi connectivity index (χ1) is 12.6. The predicted octanol–water partition coefficient (Wildman–Crippen LogP) is 4.11. The maximum Gasteiger partial charge on any atom is 0.253 e. The summed E-state index contributed by atoms with van der Waals surface area (Å²) in [5.74, 6) is 0.434. The number of benzene rings is 2. The lowest BCUT2D eigenvalue weighted by Crippen LogP contribution is -2.41. The van der Waals surface area contributed by atoms with Crippen LogP contribution in [0, 0.1) is 5.92 Å². The Hall–Kier alpha value is -2.62. The fourth-order valence-corrected chi connectivity index (χ4v) is 2.82. The normalized spacial score (nSPS) is 11.4. The van der Waals surface area contributed by atoms with Crippen LogP contribution in [0.1, 0.15) is 43.6 Å². The van der Waals surface area contributed by atoms with Gasteiger partial charge >= 0.3 is 0 Å². The highest BCUT2D eigenvalue weighted by molar-refractivity contribution is 5.95. The number of amides is 2. The lowest BCUT2D eigenvalue weighted by Gasteiger charge is -2.25. The summed E-state index contributed by atoms with van der Waals surface area (Å²) in [6.45, 7) is 8.71. The van der Waals surface area contributed by atoms with Crippen molar-refractivity contribution in [1.29, 1.82) is 0 Å². The number of nitrogens with one attached hydrogen (secondary N) is 1. The summed E-state index contributed by atoms with van der Waals surface area (Å²) in [5, 5.41) is 3.02. The van der Waals surface area contributed by atoms with Crippen molar-refractivity contribution in [3.63, 3.8) is 0 Å². The van der Waals surface area contributed by atoms with E-state index in [2.05, 4.69) is 19.2 Å². The Morgan fingerprint density at radius 3 is 2.19 bits per heavy atom. The Bertz CT molecular complexity index is 805. The van der Waals surface area contributed by atoms with E-state index in [0.717, 1.165) is 16.7 Å². The van der Waals surface area contributed by atoms with Gasteiger partial charge in [-0.15, -0.1) is 0 Å². The zero-order valence-electron chi connectivity index (χ0n) is 17.2. The molecule has 0 aliphatic rings. The first-order valence-electron chi connectivity index (χ1n) is 9.34. The second kappa shape index (κ2) is 8.38. The highest BCUT2D eigenvalue weighted by Crippen LogP contribution is 2.27. The topological polar surface area (TPSA) is 49.4 Å². The maximum atomic E-state index is 12.6. The molecule has 2 aromatic carbocycles. The van der Waals surface area contributed by atoms with Crippen LogP contribution in [0.25, 0.3) is 11.1 Å². The van der Waals surface area contributed by atoms with Gasteiger partial charge in [0.2, 0.25) is 5.91 Å². The Kier molecular flexibility index (Phi) is 6.42. The molecule has 4 heteroatoms. The summed E-state index contributed by atoms with van der Waals surface area (Å²) in [6.07, 6.45) is 0. The molecule has 0 fully saturated rings. The zero-order valence-corrected chi connectivity index (χ0v) is 17.2. The molecule has 0 spiro atoms. The smallest absolute Gasteiger partial charge is 0.253 e. The second-order valence-electron chi connectivity index (χ2n) is 8.09. The number of carbonyl (C=O) groups excluding carboxylic acids is 2. The first-order valence-corrected chi connectivity index (χ1v) is 9.34. The van der Waals surface area contributed by atoms with Gasteiger partial charge in [-0.05, 0) is 48.6 Å². The Morgan fingerprint density at radius 2 is 1.63 bits per heavy atom. The van der Waals surface area contributed by atoms with Gasteiger partial charge in [-0.1, -0.05) is 50.2 Å². The van der Waals surface area contributed by atoms with Crippen molar-refractivity contribution in [2.24, 2.45) is 5.92 Å². The third-order valence-electron chi connectivity index (χ3n) is 4.69. The van der Waals surface area contributed by atoms with Gasteiger partial charge in [0.15, 0.2) is 0 Å². The monoisotopic (exact) mass is 366 g/mol. The summed E-state index contributed by atoms with van der Waals surface area (Å²) < 4.78 is 0. The Labute approximate surface area is 162 Å². The number of hydrogen-bond acceptors (Lipinski definition) is 2. The van der Waals surface area contributed by atoms with E-state index in [1.165, 1.54) is 0 Å². The molecule has 0 saturated carbocycles. The number of hydrogen-bond donors (Lipinski definition) is 1. The third kappa shape index (κ3) is 4.97. The van der Waals surface area contributed by atoms with E-state index in [4.69, 9.17) is 0 Å². The third-order valence-corrected chi connectivity index (χ3v) is 4.69. The van der Waals surface area contributed by atoms with Crippen molar-refractivity contribution in [3.8, 4) is 11.1 Å². The van der Waals surface area contributed by atoms with Gasteiger partial charge in [0, 0.05) is 26.2 Å². The molecule has 0 aromatic heterocycles. The van der Waals surface area contributed by atoms with E-state index < -0.39 is 5.41 Å². The van der Waals surface area contributed by atoms with Gasteiger partial charge in [-0.25, -0.2) is 0 Å². The van der Waals surface area contributed by atoms with E-state index >= 15 is 0 Å². The van der Waals surface area contributed by atoms with Crippen LogP contribution in [-0.2, 0) is 10.2 Å². The summed E-state index contributed by atoms with van der Waals surface area (Å²) in [7, 11) is 3.49. The molecular formula is C23H30N2O2. The van der Waals surface area contributed by atoms with Crippen LogP contribution in [-0.4, -0.2) is 37.4 Å². The number of nitrogens with zero attached hydrogens (tertiary/aromatic N) is 1. The molecule has 0 saturated heterocycles. The van der Waals surface area contributed by atoms with Crippen LogP contribution in [0.5, 0.6) is 0 Å². The van der Waals surface area contributed by atoms with Gasteiger partial charge in [-0.2, -0.15) is 0 Å². The molecule has 144 valence electrons. The molecule has 0 bridgehead atoms. The summed E-state index contributed by atoms with van der Waals surface area (Å²) in [5.41, 5.74) is 3.03. The quantitative estimate of drug-likeness (QED) is 0.836. The maximum absolute atomic E-state index is 12.6. The van der Waals surface area contributed by atoms with Crippen LogP contribution in [0.2, 0.25) is 0 Å². The van der Waals surface area contributed by atoms with E-state index in [1.54, 1.807) is 19.0 Å². The Balaban J connectivity index is 2.23. The van der Waals surface area contributed by atoms with E-state index in [0.29, 0.717) is 18.0 Å². The molecule has 4 nitrogen and oxygen atoms in total. The van der Waals surface area contributed by atoms with Crippen LogP contribution >= 0.6 is 0 Å². The van der Waals surface area contributed by atoms with Crippen molar-refractivity contribution < 1.29 is 9.59 Å². The molecule has 0 unspecified atom stereocenters. The second-order valence-corrected chi connectivity index (χ2v) is 8.09. The van der Waals surface area contributed by atoms with Crippen LogP contribution < -0.4 is 5.32 Å². The van der Waals surface area contributed by atoms with Crippen LogP contribution in [0.15, 0.2) is 48.5 Å². The largest absolute Gasteiger partial charge is 0.355 e. The van der Waals surface area contributed by atoms with Crippen molar-refractivity contribution in [1.82, 2.24) is 10.2 Å². The van der Waals surface area contributed by atoms with E-state index in [-0.39, 0.29) is 11.8 Å². The molecule has 2 rings (SSSR count). The van der Waals surface area contributed by atoms with Gasteiger partial charge in [-0.3, -0.25) is 9.59 Å². The number of rotatable bonds is 6. The first kappa shape index (κ1) is 20.7. The van der Waals surface area contributed by atoms with E-state index in [9.17, 15) is 9.59 Å². The van der Waals surface area contributed by atoms with Crippen molar-refractivity contribution in [2.75, 3.05) is 20.6 Å². The molecule has 0 aliphatic carbocycles. The molecule has 27 heavy (non-hydrogen) atoms. The van der Waals surface area contributed by atoms with Crippen LogP contribution in [0.3, 0.4) is 0 Å². The summed E-state index contributed by atoms with van der Waals surface area (Å²) in [6, 6.07) is 15.6. The zero-order chi connectivity index (χ0) is 20.2. The molecule has 0 atom stereocenters. The minimum Gasteiger partial charge on any atom is -0.355 e. The van der Waals surface area contributed by atoms with Crippen molar-refractivity contribution in [3.05, 3.63) is 59.7 Å². The highest BCUT2D eigenvalue weighted by Gasteiger charge is 2.29. The van der Waals surface area contributed by atoms with Gasteiger partial charge < -0.3 is 10.2 Å². The lowest BCUT2D eigenvalue weighted by atomic mass is 9.83. The van der Waals surface area contributed by atoms with Crippen molar-refractivity contribution >= 4 is 11.8 Å². The predicted molar refractivity (Wildman–Crippen MR) is 111 cm³/mol. The summed E-state index contributed by atoms with van der Waals surface area (Å²) >= 11 is 0.